The molecule has 0 unspecified atom stereocenters. The second-order valence-corrected chi connectivity index (χ2v) is 4.02. The summed E-state index contributed by atoms with van der Waals surface area (Å²) < 4.78 is 15.7. The van der Waals surface area contributed by atoms with Crippen LogP contribution in [0.15, 0.2) is 24.3 Å². The van der Waals surface area contributed by atoms with E-state index < -0.39 is 24.6 Å². The highest BCUT2D eigenvalue weighted by atomic mass is 16.7. The lowest BCUT2D eigenvalue weighted by molar-refractivity contribution is -0.242. The molecule has 1 aliphatic rings. The minimum Gasteiger partial charge on any atom is -0.493 e. The number of ether oxygens (including phenoxy) is 3. The van der Waals surface area contributed by atoms with Gasteiger partial charge in [-0.3, -0.25) is 0 Å². The van der Waals surface area contributed by atoms with Crippen LogP contribution in [0.3, 0.4) is 0 Å². The van der Waals surface area contributed by atoms with Gasteiger partial charge in [0.25, 0.3) is 0 Å². The minimum atomic E-state index is -1.32. The van der Waals surface area contributed by atoms with Crippen LogP contribution >= 0.6 is 0 Å². The van der Waals surface area contributed by atoms with Crippen molar-refractivity contribution < 1.29 is 29.5 Å². The molecule has 4 atom stereocenters. The van der Waals surface area contributed by atoms with E-state index in [0.717, 1.165) is 0 Å². The summed E-state index contributed by atoms with van der Waals surface area (Å²) >= 11 is 0. The summed E-state index contributed by atoms with van der Waals surface area (Å²) in [6, 6.07) is 6.89. The number of hydrogen-bond acceptors (Lipinski definition) is 6. The summed E-state index contributed by atoms with van der Waals surface area (Å²) in [6.07, 6.45) is -4.77. The Morgan fingerprint density at radius 2 is 1.78 bits per heavy atom. The molecule has 1 fully saturated rings. The van der Waals surface area contributed by atoms with E-state index in [9.17, 15) is 15.3 Å². The van der Waals surface area contributed by atoms with Gasteiger partial charge in [-0.15, -0.1) is 0 Å². The van der Waals surface area contributed by atoms with Crippen molar-refractivity contribution in [2.45, 2.75) is 24.6 Å². The predicted octanol–water partition coefficient (Wildman–Crippen LogP) is -0.487. The van der Waals surface area contributed by atoms with Crippen molar-refractivity contribution in [1.29, 1.82) is 0 Å². The van der Waals surface area contributed by atoms with Crippen LogP contribution < -0.4 is 9.47 Å². The first-order chi connectivity index (χ1) is 8.63. The molecule has 0 aromatic heterocycles. The molecule has 6 nitrogen and oxygen atoms in total. The van der Waals surface area contributed by atoms with Gasteiger partial charge < -0.3 is 29.5 Å². The smallest absolute Gasteiger partial charge is 0.229 e. The molecule has 1 aromatic rings. The SMILES string of the molecule is COc1ccccc1O[C@H]1OC[C@@H](O)[C@H](O)[C@@H]1O. The van der Waals surface area contributed by atoms with Crippen molar-refractivity contribution in [3.8, 4) is 11.5 Å². The summed E-state index contributed by atoms with van der Waals surface area (Å²) in [5, 5.41) is 28.6. The molecule has 18 heavy (non-hydrogen) atoms. The van der Waals surface area contributed by atoms with Gasteiger partial charge in [-0.1, -0.05) is 12.1 Å². The number of para-hydroxylation sites is 2. The predicted molar refractivity (Wildman–Crippen MR) is 61.4 cm³/mol. The topological polar surface area (TPSA) is 88.4 Å². The maximum Gasteiger partial charge on any atom is 0.229 e. The molecule has 0 saturated carbocycles. The molecule has 1 saturated heterocycles. The Morgan fingerprint density at radius 3 is 2.44 bits per heavy atom. The van der Waals surface area contributed by atoms with Crippen molar-refractivity contribution >= 4 is 0 Å². The van der Waals surface area contributed by atoms with E-state index in [4.69, 9.17) is 14.2 Å². The quantitative estimate of drug-likeness (QED) is 0.676. The normalized spacial score (nSPS) is 32.0. The Bertz CT molecular complexity index is 396. The summed E-state index contributed by atoms with van der Waals surface area (Å²) in [5.74, 6) is 0.890. The number of aliphatic hydroxyl groups is 3. The molecule has 0 amide bonds. The summed E-state index contributed by atoms with van der Waals surface area (Å²) in [5.41, 5.74) is 0. The van der Waals surface area contributed by atoms with E-state index >= 15 is 0 Å². The zero-order valence-corrected chi connectivity index (χ0v) is 9.89. The number of aliphatic hydroxyl groups excluding tert-OH is 3. The van der Waals surface area contributed by atoms with Gasteiger partial charge in [-0.05, 0) is 12.1 Å². The summed E-state index contributed by atoms with van der Waals surface area (Å²) in [6.45, 7) is -0.0992. The van der Waals surface area contributed by atoms with Crippen LogP contribution in [-0.4, -0.2) is 53.6 Å². The Hall–Kier alpha value is -1.34. The second-order valence-electron chi connectivity index (χ2n) is 4.02. The number of benzene rings is 1. The molecule has 3 N–H and O–H groups in total. The Morgan fingerprint density at radius 1 is 1.11 bits per heavy atom. The Labute approximate surface area is 104 Å². The first-order valence-electron chi connectivity index (χ1n) is 5.59. The van der Waals surface area contributed by atoms with Gasteiger partial charge in [-0.2, -0.15) is 0 Å². The fourth-order valence-electron chi connectivity index (χ4n) is 1.72. The van der Waals surface area contributed by atoms with Crippen LogP contribution in [0.1, 0.15) is 0 Å². The van der Waals surface area contributed by atoms with Crippen molar-refractivity contribution in [3.05, 3.63) is 24.3 Å². The largest absolute Gasteiger partial charge is 0.493 e. The maximum atomic E-state index is 9.73. The highest BCUT2D eigenvalue weighted by Gasteiger charge is 2.39. The lowest BCUT2D eigenvalue weighted by Gasteiger charge is -2.35. The Kier molecular flexibility index (Phi) is 4.03. The third-order valence-electron chi connectivity index (χ3n) is 2.77. The molecule has 0 spiro atoms. The van der Waals surface area contributed by atoms with Gasteiger partial charge in [-0.25, -0.2) is 0 Å². The highest BCUT2D eigenvalue weighted by Crippen LogP contribution is 2.29. The molecule has 1 heterocycles. The van der Waals surface area contributed by atoms with Gasteiger partial charge >= 0.3 is 0 Å². The molecule has 0 bridgehead atoms. The van der Waals surface area contributed by atoms with Gasteiger partial charge in [0.2, 0.25) is 6.29 Å². The molecular formula is C12H16O6. The molecule has 6 heteroatoms. The highest BCUT2D eigenvalue weighted by molar-refractivity contribution is 5.39. The molecule has 0 radical (unpaired) electrons. The standard InChI is InChI=1S/C12H16O6/c1-16-8-4-2-3-5-9(8)18-12-11(15)10(14)7(13)6-17-12/h2-5,7,10-15H,6H2,1H3/t7-,10+,11+,12-/m1/s1. The molecular weight excluding hydrogens is 240 g/mol. The van der Waals surface area contributed by atoms with Crippen LogP contribution in [0.5, 0.6) is 11.5 Å². The van der Waals surface area contributed by atoms with Crippen LogP contribution in [0.25, 0.3) is 0 Å². The maximum absolute atomic E-state index is 9.73. The van der Waals surface area contributed by atoms with Gasteiger partial charge in [0.05, 0.1) is 13.7 Å². The zero-order valence-electron chi connectivity index (χ0n) is 9.89. The van der Waals surface area contributed by atoms with E-state index in [-0.39, 0.29) is 6.61 Å². The van der Waals surface area contributed by atoms with Crippen molar-refractivity contribution in [2.24, 2.45) is 0 Å². The van der Waals surface area contributed by atoms with Crippen molar-refractivity contribution in [3.63, 3.8) is 0 Å². The van der Waals surface area contributed by atoms with Crippen LogP contribution in [-0.2, 0) is 4.74 Å². The van der Waals surface area contributed by atoms with Crippen molar-refractivity contribution in [2.75, 3.05) is 13.7 Å². The first-order valence-corrected chi connectivity index (χ1v) is 5.59. The third-order valence-corrected chi connectivity index (χ3v) is 2.77. The second kappa shape index (κ2) is 5.53. The summed E-state index contributed by atoms with van der Waals surface area (Å²) in [7, 11) is 1.50. The lowest BCUT2D eigenvalue weighted by Crippen LogP contribution is -2.54. The summed E-state index contributed by atoms with van der Waals surface area (Å²) in [4.78, 5) is 0. The van der Waals surface area contributed by atoms with Crippen molar-refractivity contribution in [1.82, 2.24) is 0 Å². The van der Waals surface area contributed by atoms with E-state index in [1.165, 1.54) is 7.11 Å². The van der Waals surface area contributed by atoms with Gasteiger partial charge in [0.15, 0.2) is 11.5 Å². The average molecular weight is 256 g/mol. The number of hydrogen-bond donors (Lipinski definition) is 3. The van der Waals surface area contributed by atoms with E-state index in [1.54, 1.807) is 24.3 Å². The van der Waals surface area contributed by atoms with Crippen LogP contribution in [0, 0.1) is 0 Å². The van der Waals surface area contributed by atoms with E-state index in [0.29, 0.717) is 11.5 Å². The van der Waals surface area contributed by atoms with E-state index in [2.05, 4.69) is 0 Å². The van der Waals surface area contributed by atoms with Gasteiger partial charge in [0, 0.05) is 0 Å². The molecule has 100 valence electrons. The minimum absolute atomic E-state index is 0.0992. The average Bonchev–Trinajstić information content (AvgIpc) is 2.40. The third kappa shape index (κ3) is 2.56. The zero-order chi connectivity index (χ0) is 13.1. The molecule has 1 aliphatic heterocycles. The molecule has 2 rings (SSSR count). The fourth-order valence-corrected chi connectivity index (χ4v) is 1.72. The Balaban J connectivity index is 2.09. The number of methoxy groups -OCH3 is 1. The van der Waals surface area contributed by atoms with E-state index in [1.807, 2.05) is 0 Å². The number of rotatable bonds is 3. The van der Waals surface area contributed by atoms with Crippen LogP contribution in [0.2, 0.25) is 0 Å². The lowest BCUT2D eigenvalue weighted by atomic mass is 10.1. The monoisotopic (exact) mass is 256 g/mol. The molecule has 0 aliphatic carbocycles. The first kappa shape index (κ1) is 13.1. The van der Waals surface area contributed by atoms with Gasteiger partial charge in [0.1, 0.15) is 18.3 Å². The fraction of sp³-hybridized carbons (Fsp3) is 0.500. The van der Waals surface area contributed by atoms with Crippen LogP contribution in [0.4, 0.5) is 0 Å². The molecule has 1 aromatic carbocycles.